The van der Waals surface area contributed by atoms with Gasteiger partial charge in [0.1, 0.15) is 0 Å². The number of benzene rings is 1. The number of nitrogens with zero attached hydrogens (tertiary/aromatic N) is 1. The number of fused-ring (bicyclic) bond motifs is 1. The molecule has 2 aliphatic heterocycles. The van der Waals surface area contributed by atoms with E-state index in [1.54, 1.807) is 0 Å². The lowest BCUT2D eigenvalue weighted by Gasteiger charge is -2.44. The summed E-state index contributed by atoms with van der Waals surface area (Å²) in [4.78, 5) is 26.4. The SMILES string of the molecule is O=C(NC(=O)c1ccc(C(F)(F)F)cc1)OC[C@@H]1CCCN2CCCCC12. The fourth-order valence-electron chi connectivity index (χ4n) is 3.97. The lowest BCUT2D eigenvalue weighted by Crippen LogP contribution is -2.49. The minimum absolute atomic E-state index is 0.0314. The molecule has 2 fully saturated rings. The first-order chi connectivity index (χ1) is 12.8. The second-order valence-corrected chi connectivity index (χ2v) is 7.13. The van der Waals surface area contributed by atoms with Gasteiger partial charge in [0.15, 0.2) is 0 Å². The van der Waals surface area contributed by atoms with Crippen LogP contribution in [-0.2, 0) is 10.9 Å². The number of hydrogen-bond acceptors (Lipinski definition) is 4. The third-order valence-electron chi connectivity index (χ3n) is 5.35. The van der Waals surface area contributed by atoms with Crippen molar-refractivity contribution in [1.82, 2.24) is 10.2 Å². The number of carbonyl (C=O) groups excluding carboxylic acids is 2. The lowest BCUT2D eigenvalue weighted by atomic mass is 9.84. The van der Waals surface area contributed by atoms with Gasteiger partial charge in [0.05, 0.1) is 12.2 Å². The summed E-state index contributed by atoms with van der Waals surface area (Å²) in [5.41, 5.74) is -0.882. The van der Waals surface area contributed by atoms with Crippen molar-refractivity contribution in [3.63, 3.8) is 0 Å². The Bertz CT molecular complexity index is 674. The highest BCUT2D eigenvalue weighted by molar-refractivity contribution is 6.02. The maximum Gasteiger partial charge on any atom is 0.416 e. The molecule has 0 saturated carbocycles. The van der Waals surface area contributed by atoms with E-state index in [2.05, 4.69) is 10.2 Å². The molecule has 8 heteroatoms. The molecule has 0 bridgehead atoms. The van der Waals surface area contributed by atoms with E-state index in [0.717, 1.165) is 56.6 Å². The summed E-state index contributed by atoms with van der Waals surface area (Å²) in [5, 5.41) is 2.07. The van der Waals surface area contributed by atoms with Crippen LogP contribution in [0.3, 0.4) is 0 Å². The van der Waals surface area contributed by atoms with Crippen molar-refractivity contribution in [2.45, 2.75) is 44.3 Å². The van der Waals surface area contributed by atoms with E-state index in [1.165, 1.54) is 12.8 Å². The molecule has 1 aromatic carbocycles. The van der Waals surface area contributed by atoms with Crippen LogP contribution in [0.4, 0.5) is 18.0 Å². The zero-order chi connectivity index (χ0) is 19.4. The Kier molecular flexibility index (Phi) is 6.04. The molecular formula is C19H23F3N2O3. The van der Waals surface area contributed by atoms with Gasteiger partial charge in [-0.1, -0.05) is 6.42 Å². The predicted molar refractivity (Wildman–Crippen MR) is 92.2 cm³/mol. The number of hydrogen-bond donors (Lipinski definition) is 1. The van der Waals surface area contributed by atoms with Gasteiger partial charge in [0.25, 0.3) is 5.91 Å². The van der Waals surface area contributed by atoms with E-state index in [-0.39, 0.29) is 18.1 Å². The Morgan fingerprint density at radius 2 is 1.78 bits per heavy atom. The molecule has 5 nitrogen and oxygen atoms in total. The maximum absolute atomic E-state index is 12.5. The number of alkyl halides is 3. The normalized spacial score (nSPS) is 23.4. The van der Waals surface area contributed by atoms with E-state index in [0.29, 0.717) is 6.04 Å². The quantitative estimate of drug-likeness (QED) is 0.860. The van der Waals surface area contributed by atoms with Crippen molar-refractivity contribution >= 4 is 12.0 Å². The summed E-state index contributed by atoms with van der Waals surface area (Å²) in [6, 6.07) is 4.10. The maximum atomic E-state index is 12.5. The summed E-state index contributed by atoms with van der Waals surface area (Å²) >= 11 is 0. The van der Waals surface area contributed by atoms with Crippen LogP contribution in [0, 0.1) is 5.92 Å². The Morgan fingerprint density at radius 1 is 1.07 bits per heavy atom. The fraction of sp³-hybridized carbons (Fsp3) is 0.579. The first-order valence-electron chi connectivity index (χ1n) is 9.24. The summed E-state index contributed by atoms with van der Waals surface area (Å²) in [7, 11) is 0. The molecule has 1 unspecified atom stereocenters. The molecule has 0 radical (unpaired) electrons. The van der Waals surface area contributed by atoms with Crippen LogP contribution in [-0.4, -0.2) is 42.6 Å². The highest BCUT2D eigenvalue weighted by atomic mass is 19.4. The van der Waals surface area contributed by atoms with Crippen LogP contribution in [0.5, 0.6) is 0 Å². The number of alkyl carbamates (subject to hydrolysis) is 1. The molecule has 27 heavy (non-hydrogen) atoms. The van der Waals surface area contributed by atoms with Crippen LogP contribution in [0.1, 0.15) is 48.0 Å². The average molecular weight is 384 g/mol. The molecule has 1 N–H and O–H groups in total. The summed E-state index contributed by atoms with van der Waals surface area (Å²) < 4.78 is 42.9. The third-order valence-corrected chi connectivity index (χ3v) is 5.35. The van der Waals surface area contributed by atoms with Gasteiger partial charge in [-0.15, -0.1) is 0 Å². The Morgan fingerprint density at radius 3 is 2.48 bits per heavy atom. The molecule has 1 aromatic rings. The van der Waals surface area contributed by atoms with Crippen LogP contribution >= 0.6 is 0 Å². The standard InChI is InChI=1S/C19H23F3N2O3/c20-19(21,22)15-8-6-13(7-9-15)17(25)23-18(26)27-12-14-4-3-11-24-10-2-1-5-16(14)24/h6-9,14,16H,1-5,10-12H2,(H,23,25,26)/t14-,16?/m0/s1. The van der Waals surface area contributed by atoms with Gasteiger partial charge >= 0.3 is 12.3 Å². The van der Waals surface area contributed by atoms with Gasteiger partial charge in [-0.2, -0.15) is 13.2 Å². The molecule has 148 valence electrons. The zero-order valence-corrected chi connectivity index (χ0v) is 14.9. The Balaban J connectivity index is 1.49. The molecule has 0 aromatic heterocycles. The van der Waals surface area contributed by atoms with Crippen molar-refractivity contribution in [1.29, 1.82) is 0 Å². The fourth-order valence-corrected chi connectivity index (χ4v) is 3.97. The molecule has 2 saturated heterocycles. The van der Waals surface area contributed by atoms with E-state index in [4.69, 9.17) is 4.74 Å². The number of piperidine rings is 2. The van der Waals surface area contributed by atoms with Crippen molar-refractivity contribution in [3.8, 4) is 0 Å². The summed E-state index contributed by atoms with van der Waals surface area (Å²) in [6.45, 7) is 2.41. The van der Waals surface area contributed by atoms with Gasteiger partial charge in [-0.05, 0) is 63.0 Å². The van der Waals surface area contributed by atoms with E-state index >= 15 is 0 Å². The summed E-state index contributed by atoms with van der Waals surface area (Å²) in [6.07, 6.45) is 0.189. The average Bonchev–Trinajstić information content (AvgIpc) is 2.65. The van der Waals surface area contributed by atoms with Gasteiger partial charge in [0.2, 0.25) is 0 Å². The van der Waals surface area contributed by atoms with Gasteiger partial charge in [0, 0.05) is 17.5 Å². The minimum atomic E-state index is -4.47. The lowest BCUT2D eigenvalue weighted by molar-refractivity contribution is -0.137. The van der Waals surface area contributed by atoms with Crippen LogP contribution in [0.25, 0.3) is 0 Å². The van der Waals surface area contributed by atoms with Crippen molar-refractivity contribution in [2.24, 2.45) is 5.92 Å². The smallest absolute Gasteiger partial charge is 0.416 e. The number of nitrogens with one attached hydrogen (secondary N) is 1. The molecule has 0 spiro atoms. The molecule has 0 aliphatic carbocycles. The molecule has 2 amide bonds. The molecule has 2 atom stereocenters. The topological polar surface area (TPSA) is 58.6 Å². The van der Waals surface area contributed by atoms with Gasteiger partial charge in [-0.3, -0.25) is 15.0 Å². The van der Waals surface area contributed by atoms with Crippen molar-refractivity contribution < 1.29 is 27.5 Å². The predicted octanol–water partition coefficient (Wildman–Crippen LogP) is 3.84. The van der Waals surface area contributed by atoms with Gasteiger partial charge < -0.3 is 4.74 Å². The number of halogens is 3. The van der Waals surface area contributed by atoms with E-state index in [9.17, 15) is 22.8 Å². The van der Waals surface area contributed by atoms with Crippen LogP contribution < -0.4 is 5.32 Å². The first-order valence-corrected chi connectivity index (χ1v) is 9.24. The van der Waals surface area contributed by atoms with Crippen molar-refractivity contribution in [3.05, 3.63) is 35.4 Å². The number of amides is 2. The number of rotatable bonds is 3. The zero-order valence-electron chi connectivity index (χ0n) is 14.9. The van der Waals surface area contributed by atoms with Crippen LogP contribution in [0.15, 0.2) is 24.3 Å². The summed E-state index contributed by atoms with van der Waals surface area (Å²) in [5.74, 6) is -0.525. The second kappa shape index (κ2) is 8.29. The second-order valence-electron chi connectivity index (χ2n) is 7.13. The first kappa shape index (κ1) is 19.7. The highest BCUT2D eigenvalue weighted by Crippen LogP contribution is 2.31. The molecular weight excluding hydrogens is 361 g/mol. The minimum Gasteiger partial charge on any atom is -0.449 e. The van der Waals surface area contributed by atoms with Crippen LogP contribution in [0.2, 0.25) is 0 Å². The highest BCUT2D eigenvalue weighted by Gasteiger charge is 2.34. The molecule has 2 aliphatic rings. The number of imide groups is 1. The largest absolute Gasteiger partial charge is 0.449 e. The molecule has 3 rings (SSSR count). The Labute approximate surface area is 155 Å². The Hall–Kier alpha value is -2.09. The number of ether oxygens (including phenoxy) is 1. The monoisotopic (exact) mass is 384 g/mol. The molecule has 2 heterocycles. The van der Waals surface area contributed by atoms with E-state index in [1.807, 2.05) is 0 Å². The number of carbonyl (C=O) groups is 2. The van der Waals surface area contributed by atoms with Gasteiger partial charge in [-0.25, -0.2) is 4.79 Å². The van der Waals surface area contributed by atoms with Crippen molar-refractivity contribution in [2.75, 3.05) is 19.7 Å². The van der Waals surface area contributed by atoms with E-state index < -0.39 is 23.7 Å². The third kappa shape index (κ3) is 5.00.